The molecule has 1 unspecified atom stereocenters. The second-order valence-corrected chi connectivity index (χ2v) is 7.00. The molecule has 1 saturated heterocycles. The minimum absolute atomic E-state index is 0.00187. The van der Waals surface area contributed by atoms with Crippen LogP contribution in [0.4, 0.5) is 0 Å². The molecule has 2 aromatic rings. The van der Waals surface area contributed by atoms with Crippen LogP contribution in [0.25, 0.3) is 0 Å². The number of hydrogen-bond acceptors (Lipinski definition) is 3. The van der Waals surface area contributed by atoms with Crippen LogP contribution < -0.4 is 5.73 Å². The molecule has 1 aliphatic rings. The number of hydrogen-bond donors (Lipinski definition) is 1. The number of carbonyl (C=O) groups excluding carboxylic acids is 1. The molecule has 3 atom stereocenters. The van der Waals surface area contributed by atoms with Crippen LogP contribution in [0, 0.1) is 0 Å². The summed E-state index contributed by atoms with van der Waals surface area (Å²) in [6.45, 7) is 4.07. The molecule has 0 bridgehead atoms. The van der Waals surface area contributed by atoms with Crippen molar-refractivity contribution >= 4 is 5.91 Å². The third kappa shape index (κ3) is 4.09. The lowest BCUT2D eigenvalue weighted by Crippen LogP contribution is -2.45. The fraction of sp³-hybridized carbons (Fsp3) is 0.381. The topological polar surface area (TPSA) is 49.6 Å². The lowest BCUT2D eigenvalue weighted by atomic mass is 9.95. The summed E-state index contributed by atoms with van der Waals surface area (Å²) in [7, 11) is 2.00. The van der Waals surface area contributed by atoms with Crippen molar-refractivity contribution in [3.63, 3.8) is 0 Å². The van der Waals surface area contributed by atoms with Gasteiger partial charge in [-0.3, -0.25) is 9.69 Å². The molecule has 2 N–H and O–H groups in total. The highest BCUT2D eigenvalue weighted by Crippen LogP contribution is 2.27. The van der Waals surface area contributed by atoms with E-state index >= 15 is 0 Å². The average molecular weight is 337 g/mol. The fourth-order valence-corrected chi connectivity index (χ4v) is 3.52. The van der Waals surface area contributed by atoms with Crippen LogP contribution in [0.2, 0.25) is 0 Å². The molecule has 0 saturated carbocycles. The van der Waals surface area contributed by atoms with Crippen LogP contribution in [0.3, 0.4) is 0 Å². The number of carbonyl (C=O) groups is 1. The van der Waals surface area contributed by atoms with Gasteiger partial charge in [-0.25, -0.2) is 0 Å². The quantitative estimate of drug-likeness (QED) is 0.912. The molecule has 132 valence electrons. The third-order valence-corrected chi connectivity index (χ3v) is 5.20. The molecule has 0 spiro atoms. The van der Waals surface area contributed by atoms with Crippen LogP contribution in [0.5, 0.6) is 0 Å². The van der Waals surface area contributed by atoms with Gasteiger partial charge in [-0.1, -0.05) is 60.7 Å². The Morgan fingerprint density at radius 2 is 1.72 bits per heavy atom. The van der Waals surface area contributed by atoms with Crippen LogP contribution in [-0.4, -0.2) is 47.9 Å². The zero-order valence-electron chi connectivity index (χ0n) is 15.0. The van der Waals surface area contributed by atoms with Crippen molar-refractivity contribution in [2.24, 2.45) is 5.73 Å². The number of likely N-dealkylation sites (tertiary alicyclic amines) is 1. The van der Waals surface area contributed by atoms with Gasteiger partial charge in [-0.2, -0.15) is 0 Å². The number of rotatable bonds is 5. The summed E-state index contributed by atoms with van der Waals surface area (Å²) < 4.78 is 0. The largest absolute Gasteiger partial charge is 0.339 e. The van der Waals surface area contributed by atoms with Gasteiger partial charge in [0.25, 0.3) is 0 Å². The normalized spacial score (nSPS) is 21.5. The molecule has 2 aromatic carbocycles. The first-order valence-electron chi connectivity index (χ1n) is 8.89. The van der Waals surface area contributed by atoms with Gasteiger partial charge in [0.2, 0.25) is 5.91 Å². The molecule has 3 rings (SSSR count). The minimum Gasteiger partial charge on any atom is -0.339 e. The molecular weight excluding hydrogens is 310 g/mol. The molecule has 1 aliphatic heterocycles. The van der Waals surface area contributed by atoms with Gasteiger partial charge >= 0.3 is 0 Å². The van der Waals surface area contributed by atoms with Gasteiger partial charge < -0.3 is 10.6 Å². The van der Waals surface area contributed by atoms with Gasteiger partial charge in [0.05, 0.1) is 6.04 Å². The molecule has 4 nitrogen and oxygen atoms in total. The summed E-state index contributed by atoms with van der Waals surface area (Å²) >= 11 is 0. The van der Waals surface area contributed by atoms with Gasteiger partial charge in [0, 0.05) is 31.6 Å². The first-order valence-corrected chi connectivity index (χ1v) is 8.89. The zero-order valence-corrected chi connectivity index (χ0v) is 15.0. The maximum absolute atomic E-state index is 12.9. The minimum atomic E-state index is -0.165. The molecule has 4 heteroatoms. The van der Waals surface area contributed by atoms with E-state index in [0.717, 1.165) is 6.54 Å². The van der Waals surface area contributed by atoms with Crippen molar-refractivity contribution in [1.82, 2.24) is 9.80 Å². The Morgan fingerprint density at radius 1 is 1.12 bits per heavy atom. The average Bonchev–Trinajstić information content (AvgIpc) is 3.03. The van der Waals surface area contributed by atoms with E-state index in [0.29, 0.717) is 13.1 Å². The van der Waals surface area contributed by atoms with E-state index in [4.69, 9.17) is 5.73 Å². The highest BCUT2D eigenvalue weighted by molar-refractivity contribution is 5.82. The van der Waals surface area contributed by atoms with E-state index in [1.165, 1.54) is 11.1 Å². The summed E-state index contributed by atoms with van der Waals surface area (Å²) in [5.74, 6) is 0.379. The van der Waals surface area contributed by atoms with E-state index in [9.17, 15) is 4.79 Å². The van der Waals surface area contributed by atoms with E-state index < -0.39 is 0 Å². The lowest BCUT2D eigenvalue weighted by Gasteiger charge is -2.28. The number of likely N-dealkylation sites (N-methyl/N-ethyl adjacent to an activating group) is 1. The first kappa shape index (κ1) is 17.6. The van der Waals surface area contributed by atoms with E-state index in [-0.39, 0.29) is 23.9 Å². The molecule has 1 heterocycles. The van der Waals surface area contributed by atoms with Crippen molar-refractivity contribution < 1.29 is 4.79 Å². The summed E-state index contributed by atoms with van der Waals surface area (Å²) in [5, 5.41) is 0. The second kappa shape index (κ2) is 7.81. The van der Waals surface area contributed by atoms with Crippen LogP contribution in [0.15, 0.2) is 60.7 Å². The number of amides is 1. The van der Waals surface area contributed by atoms with Gasteiger partial charge in [0.1, 0.15) is 0 Å². The van der Waals surface area contributed by atoms with Gasteiger partial charge in [0.15, 0.2) is 0 Å². The zero-order chi connectivity index (χ0) is 17.8. The summed E-state index contributed by atoms with van der Waals surface area (Å²) in [4.78, 5) is 16.9. The highest BCUT2D eigenvalue weighted by Gasteiger charge is 2.36. The SMILES string of the molecule is CC(C(=O)N1C[C@@H](N)[C@H](c2ccccc2)C1)N(C)Cc1ccccc1. The molecule has 0 aliphatic carbocycles. The Balaban J connectivity index is 1.62. The van der Waals surface area contributed by atoms with E-state index in [1.807, 2.05) is 55.3 Å². The third-order valence-electron chi connectivity index (χ3n) is 5.20. The van der Waals surface area contributed by atoms with Crippen LogP contribution in [-0.2, 0) is 11.3 Å². The Bertz CT molecular complexity index is 689. The van der Waals surface area contributed by atoms with Crippen LogP contribution >= 0.6 is 0 Å². The maximum Gasteiger partial charge on any atom is 0.239 e. The molecule has 1 fully saturated rings. The summed E-state index contributed by atoms with van der Waals surface area (Å²) in [6.07, 6.45) is 0. The molecule has 25 heavy (non-hydrogen) atoms. The Morgan fingerprint density at radius 3 is 2.36 bits per heavy atom. The van der Waals surface area contributed by atoms with E-state index in [1.54, 1.807) is 0 Å². The fourth-order valence-electron chi connectivity index (χ4n) is 3.52. The second-order valence-electron chi connectivity index (χ2n) is 7.00. The van der Waals surface area contributed by atoms with Crippen molar-refractivity contribution in [3.05, 3.63) is 71.8 Å². The molecule has 0 aromatic heterocycles. The molecule has 1 amide bonds. The smallest absolute Gasteiger partial charge is 0.239 e. The van der Waals surface area contributed by atoms with Gasteiger partial charge in [-0.15, -0.1) is 0 Å². The predicted molar refractivity (Wildman–Crippen MR) is 101 cm³/mol. The highest BCUT2D eigenvalue weighted by atomic mass is 16.2. The van der Waals surface area contributed by atoms with Crippen molar-refractivity contribution in [2.75, 3.05) is 20.1 Å². The van der Waals surface area contributed by atoms with Crippen LogP contribution in [0.1, 0.15) is 24.0 Å². The van der Waals surface area contributed by atoms with Crippen molar-refractivity contribution in [1.29, 1.82) is 0 Å². The lowest BCUT2D eigenvalue weighted by molar-refractivity contribution is -0.135. The Hall–Kier alpha value is -2.17. The standard InChI is InChI=1S/C21H27N3O/c1-16(23(2)13-17-9-5-3-6-10-17)21(25)24-14-19(20(22)15-24)18-11-7-4-8-12-18/h3-12,16,19-20H,13-15,22H2,1-2H3/t16?,19-,20+/m0/s1. The number of nitrogens with two attached hydrogens (primary N) is 1. The van der Waals surface area contributed by atoms with E-state index in [2.05, 4.69) is 29.2 Å². The Kier molecular flexibility index (Phi) is 5.51. The number of nitrogens with zero attached hydrogens (tertiary/aromatic N) is 2. The molecule has 0 radical (unpaired) electrons. The monoisotopic (exact) mass is 337 g/mol. The van der Waals surface area contributed by atoms with Crippen molar-refractivity contribution in [3.8, 4) is 0 Å². The van der Waals surface area contributed by atoms with Crippen molar-refractivity contribution in [2.45, 2.75) is 31.5 Å². The predicted octanol–water partition coefficient (Wildman–Crippen LogP) is 2.46. The molecular formula is C21H27N3O. The maximum atomic E-state index is 12.9. The van der Waals surface area contributed by atoms with Gasteiger partial charge in [-0.05, 0) is 25.1 Å². The number of benzene rings is 2. The first-order chi connectivity index (χ1) is 12.1. The Labute approximate surface area is 150 Å². The summed E-state index contributed by atoms with van der Waals surface area (Å²) in [5.41, 5.74) is 8.76. The summed E-state index contributed by atoms with van der Waals surface area (Å²) in [6, 6.07) is 20.3.